The lowest BCUT2D eigenvalue weighted by molar-refractivity contribution is 0.255. The van der Waals surface area contributed by atoms with Crippen LogP contribution in [0.2, 0.25) is 0 Å². The molecule has 0 fully saturated rings. The molecule has 0 saturated heterocycles. The highest BCUT2D eigenvalue weighted by atomic mass is 32.2. The van der Waals surface area contributed by atoms with Gasteiger partial charge in [-0.25, -0.2) is 54.9 Å². The van der Waals surface area contributed by atoms with Crippen molar-refractivity contribution in [3.05, 3.63) is 224 Å². The van der Waals surface area contributed by atoms with Crippen molar-refractivity contribution in [1.82, 2.24) is 53.2 Å². The number of hydrogen-bond donors (Lipinski definition) is 10. The third kappa shape index (κ3) is 25.6. The summed E-state index contributed by atoms with van der Waals surface area (Å²) in [5, 5.41) is 25.9. The second kappa shape index (κ2) is 39.6. The molecular formula is C87H115N17O12S4. The Morgan fingerprint density at radius 3 is 0.950 bits per heavy atom. The van der Waals surface area contributed by atoms with Crippen LogP contribution in [0.4, 0.5) is 53.3 Å². The molecule has 0 aliphatic heterocycles. The second-order valence-corrected chi connectivity index (χ2v) is 38.7. The number of aryl methyl sites for hydroxylation is 7. The van der Waals surface area contributed by atoms with Crippen molar-refractivity contribution in [3.8, 4) is 0 Å². The number of aromatic nitrogens is 7. The van der Waals surface area contributed by atoms with Gasteiger partial charge in [0.1, 0.15) is 0 Å². The van der Waals surface area contributed by atoms with Gasteiger partial charge in [-0.05, 0) is 191 Å². The Balaban J connectivity index is 0.000000199. The van der Waals surface area contributed by atoms with Crippen LogP contribution in [0.1, 0.15) is 236 Å². The topological polar surface area (TPSA) is 391 Å². The Hall–Kier alpha value is -11.4. The molecule has 0 aliphatic carbocycles. The van der Waals surface area contributed by atoms with E-state index in [0.717, 1.165) is 99.6 Å². The van der Waals surface area contributed by atoms with Gasteiger partial charge in [0.05, 0.1) is 58.0 Å². The van der Waals surface area contributed by atoms with E-state index in [9.17, 15) is 52.8 Å². The van der Waals surface area contributed by atoms with Crippen molar-refractivity contribution >= 4 is 131 Å². The maximum absolute atomic E-state index is 12.6. The van der Waals surface area contributed by atoms with Crippen LogP contribution in [0.25, 0.3) is 32.7 Å². The maximum atomic E-state index is 12.6. The van der Waals surface area contributed by atoms with Crippen molar-refractivity contribution in [2.24, 2.45) is 21.1 Å². The summed E-state index contributed by atoms with van der Waals surface area (Å²) in [5.41, 5.74) is 18.7. The fraction of sp³-hybridized carbons (Fsp3) is 0.379. The second-order valence-electron chi connectivity index (χ2n) is 32.4. The molecule has 0 unspecified atom stereocenters. The van der Waals surface area contributed by atoms with Gasteiger partial charge in [-0.15, -0.1) is 0 Å². The molecule has 11 aromatic rings. The fourth-order valence-corrected chi connectivity index (χ4v) is 17.5. The number of benzene rings is 7. The van der Waals surface area contributed by atoms with E-state index >= 15 is 0 Å². The first-order chi connectivity index (χ1) is 56.0. The standard InChI is InChI=1S/2C22H29N5O3S.C22H28N4O3S.C21H29N3O3S/c2*1-13(2)18-9-15(5)10-19(14(3)4)21(18)24-22(28)26-31(29,30)25-17-7-8-20-16(11-17)12-23-27(20)6;1-14(2)18-7-6-8-19(15(3)4)21(18)24-22(27)25-30(28,29)13-16-9-10-20-17(11-16)12-23-26(20)5;1-13(2)18-8-7-9-19(14(3)4)20(18)23-21(25)24-28(26,27)12-17-11-22-16(6)10-15(17)5/h2*7-14,25H,1-6H3,(H2,24,26,28);6-12,14-15H,13H2,1-5H3,(H2,24,25,27);7-11,13-14H,12H2,1-6H3,(H2,23,24,25). The number of urea groups is 4. The van der Waals surface area contributed by atoms with E-state index in [0.29, 0.717) is 45.3 Å². The molecule has 0 radical (unpaired) electrons. The van der Waals surface area contributed by atoms with E-state index in [1.807, 2.05) is 228 Å². The van der Waals surface area contributed by atoms with Gasteiger partial charge < -0.3 is 21.3 Å². The Morgan fingerprint density at radius 1 is 0.342 bits per heavy atom. The Morgan fingerprint density at radius 2 is 0.633 bits per heavy atom. The third-order valence-electron chi connectivity index (χ3n) is 19.7. The van der Waals surface area contributed by atoms with Gasteiger partial charge in [-0.1, -0.05) is 189 Å². The van der Waals surface area contributed by atoms with Gasteiger partial charge in [-0.2, -0.15) is 32.1 Å². The van der Waals surface area contributed by atoms with Gasteiger partial charge in [0.15, 0.2) is 0 Å². The van der Waals surface area contributed by atoms with Crippen LogP contribution in [0.5, 0.6) is 0 Å². The molecule has 4 heterocycles. The number of sulfonamides is 2. The number of carbonyl (C=O) groups is 4. The van der Waals surface area contributed by atoms with E-state index in [1.165, 1.54) is 6.20 Å². The molecule has 4 aromatic heterocycles. The van der Waals surface area contributed by atoms with Gasteiger partial charge in [0.25, 0.3) is 0 Å². The summed E-state index contributed by atoms with van der Waals surface area (Å²) < 4.78 is 118. The van der Waals surface area contributed by atoms with Crippen molar-refractivity contribution in [2.75, 3.05) is 30.7 Å². The average Bonchev–Trinajstić information content (AvgIpc) is 1.58. The molecule has 0 saturated carbocycles. The molecule has 644 valence electrons. The summed E-state index contributed by atoms with van der Waals surface area (Å²) in [7, 11) is -10.6. The lowest BCUT2D eigenvalue weighted by Crippen LogP contribution is -2.38. The number of rotatable bonds is 24. The quantitative estimate of drug-likeness (QED) is 0.0269. The number of carbonyl (C=O) groups excluding carboxylic acids is 4. The first-order valence-corrected chi connectivity index (χ1v) is 45.8. The summed E-state index contributed by atoms with van der Waals surface area (Å²) in [6, 6.07) is 33.8. The highest BCUT2D eigenvalue weighted by Crippen LogP contribution is 2.38. The Labute approximate surface area is 706 Å². The molecule has 29 nitrogen and oxygen atoms in total. The number of nitrogens with one attached hydrogen (secondary N) is 10. The van der Waals surface area contributed by atoms with Gasteiger partial charge in [0.2, 0.25) is 20.0 Å². The van der Waals surface area contributed by atoms with Gasteiger partial charge in [-0.3, -0.25) is 28.5 Å². The lowest BCUT2D eigenvalue weighted by Gasteiger charge is -2.21. The predicted molar refractivity (Wildman–Crippen MR) is 483 cm³/mol. The van der Waals surface area contributed by atoms with Gasteiger partial charge in [0, 0.05) is 71.9 Å². The highest BCUT2D eigenvalue weighted by Gasteiger charge is 2.27. The molecule has 11 rings (SSSR count). The number of pyridine rings is 1. The minimum Gasteiger partial charge on any atom is -0.307 e. The molecule has 0 spiro atoms. The predicted octanol–water partition coefficient (Wildman–Crippen LogP) is 18.3. The van der Waals surface area contributed by atoms with Crippen molar-refractivity contribution in [2.45, 2.75) is 197 Å². The van der Waals surface area contributed by atoms with E-state index in [2.05, 4.69) is 60.4 Å². The van der Waals surface area contributed by atoms with E-state index in [4.69, 9.17) is 0 Å². The minimum atomic E-state index is -4.13. The van der Waals surface area contributed by atoms with Crippen LogP contribution in [0.3, 0.4) is 0 Å². The molecule has 33 heteroatoms. The third-order valence-corrected chi connectivity index (χ3v) is 24.0. The average molecular weight is 1720 g/mol. The first kappa shape index (κ1) is 94.1. The maximum Gasteiger partial charge on any atom is 0.334 e. The molecule has 10 N–H and O–H groups in total. The zero-order chi connectivity index (χ0) is 89.0. The monoisotopic (exact) mass is 1720 g/mol. The number of anilines is 6. The normalized spacial score (nSPS) is 11.9. The first-order valence-electron chi connectivity index (χ1n) is 39.6. The summed E-state index contributed by atoms with van der Waals surface area (Å²) in [5.74, 6) is 0.781. The molecule has 7 aromatic carbocycles. The summed E-state index contributed by atoms with van der Waals surface area (Å²) in [6.07, 6.45) is 6.51. The smallest absolute Gasteiger partial charge is 0.307 e. The molecule has 120 heavy (non-hydrogen) atoms. The van der Waals surface area contributed by atoms with Crippen LogP contribution < -0.4 is 49.6 Å². The number of nitrogens with zero attached hydrogens (tertiary/aromatic N) is 7. The molecule has 0 bridgehead atoms. The van der Waals surface area contributed by atoms with Gasteiger partial charge >= 0.3 is 44.5 Å². The fourth-order valence-electron chi connectivity index (χ4n) is 13.8. The van der Waals surface area contributed by atoms with E-state index in [-0.39, 0.29) is 58.8 Å². The van der Waals surface area contributed by atoms with E-state index < -0.39 is 64.6 Å². The molecule has 0 atom stereocenters. The van der Waals surface area contributed by atoms with Crippen molar-refractivity contribution < 1.29 is 52.8 Å². The Kier molecular flexibility index (Phi) is 31.1. The number of fused-ring (bicyclic) bond motifs is 3. The Bertz CT molecular complexity index is 5770. The number of hydrogen-bond acceptors (Lipinski definition) is 16. The van der Waals surface area contributed by atoms with Crippen LogP contribution in [-0.4, -0.2) is 92.1 Å². The number of amides is 8. The van der Waals surface area contributed by atoms with Crippen molar-refractivity contribution in [3.63, 3.8) is 0 Å². The number of para-hydroxylation sites is 2. The summed E-state index contributed by atoms with van der Waals surface area (Å²) >= 11 is 0. The zero-order valence-corrected chi connectivity index (χ0v) is 75.8. The van der Waals surface area contributed by atoms with Crippen LogP contribution in [0, 0.1) is 27.7 Å². The van der Waals surface area contributed by atoms with Crippen LogP contribution >= 0.6 is 0 Å². The van der Waals surface area contributed by atoms with Crippen LogP contribution in [-0.2, 0) is 73.1 Å². The van der Waals surface area contributed by atoms with E-state index in [1.54, 1.807) is 95.3 Å². The lowest BCUT2D eigenvalue weighted by atomic mass is 9.90. The summed E-state index contributed by atoms with van der Waals surface area (Å²) in [6.45, 7) is 40.3. The SMILES string of the molecule is CC(C)c1cccc(C(C)C)c1NC(=O)NS(=O)(=O)Cc1ccc2c(cnn2C)c1.Cc1cc(C(C)C)c(NC(=O)NS(=O)(=O)Nc2ccc3c(cnn3C)c2)c(C(C)C)c1.Cc1cc(C(C)C)c(NC(=O)NS(=O)(=O)Nc2ccc3c(cnn3C)c2)c(C(C)C)c1.Cc1cc(C)c(CS(=O)(=O)NC(=O)Nc2c(C(C)C)cccc2C(C)C)cn1. The molecule has 8 amide bonds. The summed E-state index contributed by atoms with van der Waals surface area (Å²) in [4.78, 5) is 54.4. The van der Waals surface area contributed by atoms with Crippen molar-refractivity contribution in [1.29, 1.82) is 0 Å². The molecular weight excluding hydrogens is 1600 g/mol. The zero-order valence-electron chi connectivity index (χ0n) is 72.6. The van der Waals surface area contributed by atoms with Crippen LogP contribution in [0.15, 0.2) is 146 Å². The molecule has 0 aliphatic rings. The largest absolute Gasteiger partial charge is 0.334 e. The minimum absolute atomic E-state index is 0.161. The highest BCUT2D eigenvalue weighted by molar-refractivity contribution is 7.91.